The van der Waals surface area contributed by atoms with Crippen LogP contribution in [0.3, 0.4) is 0 Å². The number of carboxylic acid groups (broad SMARTS) is 1. The van der Waals surface area contributed by atoms with Gasteiger partial charge in [0.25, 0.3) is 0 Å². The Bertz CT molecular complexity index is 748. The molecule has 0 aliphatic rings. The van der Waals surface area contributed by atoms with Crippen LogP contribution < -0.4 is 15.1 Å². The Morgan fingerprint density at radius 2 is 2.04 bits per heavy atom. The zero-order chi connectivity index (χ0) is 16.8. The average molecular weight is 322 g/mol. The van der Waals surface area contributed by atoms with E-state index < -0.39 is 18.2 Å². The maximum Gasteiger partial charge on any atom is 0.383 e. The lowest BCUT2D eigenvalue weighted by Crippen LogP contribution is -2.10. The number of hydrogen-bond donors (Lipinski definition) is 2. The average Bonchev–Trinajstić information content (AvgIpc) is 2.52. The van der Waals surface area contributed by atoms with Crippen molar-refractivity contribution in [2.45, 2.75) is 26.2 Å². The highest BCUT2D eigenvalue weighted by Crippen LogP contribution is 2.33. The molecule has 2 aromatic rings. The number of benzene rings is 1. The summed E-state index contributed by atoms with van der Waals surface area (Å²) in [4.78, 5) is 22.4. The molecule has 124 valence electrons. The number of aromatic hydroxyl groups is 1. The second kappa shape index (κ2) is 7.53. The smallest absolute Gasteiger partial charge is 0.383 e. The first kappa shape index (κ1) is 16.7. The minimum atomic E-state index is -1.12. The van der Waals surface area contributed by atoms with Gasteiger partial charge in [0.2, 0.25) is 5.75 Å². The van der Waals surface area contributed by atoms with Crippen LogP contribution in [0.25, 0.3) is 11.0 Å². The molecule has 0 aliphatic carbocycles. The first-order valence-electron chi connectivity index (χ1n) is 7.30. The van der Waals surface area contributed by atoms with E-state index in [9.17, 15) is 14.7 Å². The zero-order valence-corrected chi connectivity index (χ0v) is 12.7. The third-order valence-electron chi connectivity index (χ3n) is 3.17. The number of carbonyl (C=O) groups is 1. The fourth-order valence-corrected chi connectivity index (χ4v) is 2.04. The van der Waals surface area contributed by atoms with Crippen LogP contribution in [0.2, 0.25) is 0 Å². The Balaban J connectivity index is 2.29. The van der Waals surface area contributed by atoms with Gasteiger partial charge in [-0.15, -0.1) is 0 Å². The van der Waals surface area contributed by atoms with Crippen LogP contribution in [-0.2, 0) is 4.79 Å². The van der Waals surface area contributed by atoms with Gasteiger partial charge in [0.05, 0.1) is 12.0 Å². The van der Waals surface area contributed by atoms with Gasteiger partial charge in [0.1, 0.15) is 11.3 Å². The summed E-state index contributed by atoms with van der Waals surface area (Å²) in [5.41, 5.74) is -0.596. The summed E-state index contributed by atoms with van der Waals surface area (Å²) in [6.45, 7) is 1.83. The number of ether oxygens (including phenoxy) is 2. The van der Waals surface area contributed by atoms with Crippen molar-refractivity contribution in [2.75, 3.05) is 13.2 Å². The van der Waals surface area contributed by atoms with E-state index in [1.807, 2.05) is 6.92 Å². The van der Waals surface area contributed by atoms with E-state index in [2.05, 4.69) is 0 Å². The van der Waals surface area contributed by atoms with Gasteiger partial charge >= 0.3 is 11.6 Å². The highest BCUT2D eigenvalue weighted by molar-refractivity contribution is 5.86. The van der Waals surface area contributed by atoms with E-state index in [1.165, 1.54) is 18.2 Å². The Morgan fingerprint density at radius 3 is 2.74 bits per heavy atom. The number of hydrogen-bond acceptors (Lipinski definition) is 6. The third-order valence-corrected chi connectivity index (χ3v) is 3.17. The van der Waals surface area contributed by atoms with Crippen LogP contribution in [0.15, 0.2) is 27.4 Å². The number of fused-ring (bicyclic) bond motifs is 1. The van der Waals surface area contributed by atoms with E-state index in [1.54, 1.807) is 0 Å². The van der Waals surface area contributed by atoms with Crippen molar-refractivity contribution in [3.63, 3.8) is 0 Å². The van der Waals surface area contributed by atoms with E-state index in [4.69, 9.17) is 19.0 Å². The molecule has 2 N–H and O–H groups in total. The van der Waals surface area contributed by atoms with Gasteiger partial charge in [0, 0.05) is 0 Å². The van der Waals surface area contributed by atoms with Crippen molar-refractivity contribution < 1.29 is 28.9 Å². The predicted molar refractivity (Wildman–Crippen MR) is 82.3 cm³/mol. The summed E-state index contributed by atoms with van der Waals surface area (Å²) >= 11 is 0. The standard InChI is InChI=1S/C16H18O7/c1-2-3-4-7-21-15-14(19)11-8-10(22-9-13(17)18)5-6-12(11)23-16(15)20/h5-6,8,19H,2-4,7,9H2,1H3,(H,17,18). The zero-order valence-electron chi connectivity index (χ0n) is 12.7. The maximum absolute atomic E-state index is 11.9. The quantitative estimate of drug-likeness (QED) is 0.568. The lowest BCUT2D eigenvalue weighted by Gasteiger charge is -2.09. The summed E-state index contributed by atoms with van der Waals surface area (Å²) in [6.07, 6.45) is 2.72. The monoisotopic (exact) mass is 322 g/mol. The largest absolute Gasteiger partial charge is 0.504 e. The summed E-state index contributed by atoms with van der Waals surface area (Å²) in [5, 5.41) is 19.1. The van der Waals surface area contributed by atoms with Crippen molar-refractivity contribution in [1.29, 1.82) is 0 Å². The van der Waals surface area contributed by atoms with E-state index >= 15 is 0 Å². The lowest BCUT2D eigenvalue weighted by atomic mass is 10.2. The molecule has 23 heavy (non-hydrogen) atoms. The van der Waals surface area contributed by atoms with Crippen LogP contribution >= 0.6 is 0 Å². The van der Waals surface area contributed by atoms with Gasteiger partial charge in [-0.05, 0) is 24.6 Å². The molecule has 1 aromatic heterocycles. The molecule has 0 radical (unpaired) electrons. The summed E-state index contributed by atoms with van der Waals surface area (Å²) in [7, 11) is 0. The molecule has 0 saturated heterocycles. The van der Waals surface area contributed by atoms with Crippen molar-refractivity contribution in [3.8, 4) is 17.2 Å². The van der Waals surface area contributed by atoms with Crippen LogP contribution in [0.4, 0.5) is 0 Å². The van der Waals surface area contributed by atoms with Crippen molar-refractivity contribution in [3.05, 3.63) is 28.6 Å². The second-order valence-electron chi connectivity index (χ2n) is 4.96. The molecular formula is C16H18O7. The molecule has 1 heterocycles. The molecule has 0 saturated carbocycles. The molecule has 1 aromatic carbocycles. The Kier molecular flexibility index (Phi) is 5.46. The number of aliphatic carboxylic acids is 1. The minimum Gasteiger partial charge on any atom is -0.504 e. The summed E-state index contributed by atoms with van der Waals surface area (Å²) < 4.78 is 15.5. The van der Waals surface area contributed by atoms with Crippen molar-refractivity contribution in [1.82, 2.24) is 0 Å². The topological polar surface area (TPSA) is 106 Å². The minimum absolute atomic E-state index is 0.163. The van der Waals surface area contributed by atoms with E-state index in [-0.39, 0.29) is 28.2 Å². The van der Waals surface area contributed by atoms with E-state index in [0.29, 0.717) is 6.61 Å². The van der Waals surface area contributed by atoms with Crippen LogP contribution in [0.1, 0.15) is 26.2 Å². The molecule has 0 amide bonds. The van der Waals surface area contributed by atoms with E-state index in [0.717, 1.165) is 19.3 Å². The Labute approximate surface area is 132 Å². The Morgan fingerprint density at radius 1 is 1.26 bits per heavy atom. The molecule has 0 fully saturated rings. The highest BCUT2D eigenvalue weighted by Gasteiger charge is 2.16. The van der Waals surface area contributed by atoms with Crippen LogP contribution in [0.5, 0.6) is 17.2 Å². The van der Waals surface area contributed by atoms with Gasteiger partial charge in [-0.25, -0.2) is 9.59 Å². The maximum atomic E-state index is 11.9. The fraction of sp³-hybridized carbons (Fsp3) is 0.375. The van der Waals surface area contributed by atoms with Crippen molar-refractivity contribution >= 4 is 16.9 Å². The van der Waals surface area contributed by atoms with Crippen LogP contribution in [0, 0.1) is 0 Å². The molecule has 7 nitrogen and oxygen atoms in total. The van der Waals surface area contributed by atoms with Gasteiger partial charge in [-0.3, -0.25) is 0 Å². The predicted octanol–water partition coefficient (Wildman–Crippen LogP) is 2.53. The molecule has 0 bridgehead atoms. The molecular weight excluding hydrogens is 304 g/mol. The lowest BCUT2D eigenvalue weighted by molar-refractivity contribution is -0.139. The molecule has 7 heteroatoms. The SMILES string of the molecule is CCCCCOc1c(O)c2cc(OCC(=O)O)ccc2oc1=O. The van der Waals surface area contributed by atoms with Crippen LogP contribution in [-0.4, -0.2) is 29.4 Å². The molecule has 0 spiro atoms. The van der Waals surface area contributed by atoms with Gasteiger partial charge in [-0.1, -0.05) is 19.8 Å². The Hall–Kier alpha value is -2.70. The number of unbranched alkanes of at least 4 members (excludes halogenated alkanes) is 2. The first-order valence-corrected chi connectivity index (χ1v) is 7.30. The number of carboxylic acids is 1. The highest BCUT2D eigenvalue weighted by atomic mass is 16.5. The fourth-order valence-electron chi connectivity index (χ4n) is 2.04. The van der Waals surface area contributed by atoms with Gasteiger partial charge in [0.15, 0.2) is 12.4 Å². The van der Waals surface area contributed by atoms with Crippen molar-refractivity contribution in [2.24, 2.45) is 0 Å². The summed E-state index contributed by atoms with van der Waals surface area (Å²) in [5.74, 6) is -1.47. The molecule has 2 rings (SSSR count). The van der Waals surface area contributed by atoms with Gasteiger partial charge < -0.3 is 24.1 Å². The molecule has 0 unspecified atom stereocenters. The first-order chi connectivity index (χ1) is 11.0. The summed E-state index contributed by atoms with van der Waals surface area (Å²) in [6, 6.07) is 4.28. The normalized spacial score (nSPS) is 10.7. The second-order valence-corrected chi connectivity index (χ2v) is 4.96. The molecule has 0 aliphatic heterocycles. The molecule has 0 atom stereocenters. The third kappa shape index (κ3) is 4.15. The number of rotatable bonds is 8. The van der Waals surface area contributed by atoms with Gasteiger partial charge in [-0.2, -0.15) is 0 Å².